The van der Waals surface area contributed by atoms with Gasteiger partial charge in [-0.3, -0.25) is 14.4 Å². The number of aliphatic carboxylic acids is 1. The number of benzene rings is 1. The van der Waals surface area contributed by atoms with Gasteiger partial charge in [0.1, 0.15) is 30.4 Å². The van der Waals surface area contributed by atoms with Gasteiger partial charge in [-0.25, -0.2) is 9.18 Å². The predicted octanol–water partition coefficient (Wildman–Crippen LogP) is 5.22. The molecule has 1 unspecified atom stereocenters. The molecule has 228 valence electrons. The lowest BCUT2D eigenvalue weighted by atomic mass is 9.84. The van der Waals surface area contributed by atoms with Crippen molar-refractivity contribution in [1.82, 2.24) is 9.80 Å². The van der Waals surface area contributed by atoms with Crippen LogP contribution < -0.4 is 4.74 Å². The topological polar surface area (TPSA) is 113 Å². The van der Waals surface area contributed by atoms with Crippen LogP contribution in [0.5, 0.6) is 5.75 Å². The summed E-state index contributed by atoms with van der Waals surface area (Å²) in [6.07, 6.45) is 3.86. The van der Waals surface area contributed by atoms with Crippen LogP contribution in [0.15, 0.2) is 24.3 Å². The third-order valence-corrected chi connectivity index (χ3v) is 7.83. The Balaban J connectivity index is 1.48. The minimum absolute atomic E-state index is 0.0268. The fraction of sp³-hybridized carbons (Fsp3) is 0.677. The molecule has 0 saturated carbocycles. The summed E-state index contributed by atoms with van der Waals surface area (Å²) in [6.45, 7) is 7.13. The number of piperidine rings is 2. The van der Waals surface area contributed by atoms with Crippen molar-refractivity contribution in [3.8, 4) is 5.75 Å². The number of Topliss-reactive ketones (excluding diaryl/α,β-unsaturated/α-hetero) is 1. The highest BCUT2D eigenvalue weighted by Gasteiger charge is 2.32. The molecular formula is C31H45FN2O7. The monoisotopic (exact) mass is 576 g/mol. The van der Waals surface area contributed by atoms with Gasteiger partial charge in [0.05, 0.1) is 6.42 Å². The number of hydrogen-bond donors (Lipinski definition) is 1. The van der Waals surface area contributed by atoms with Crippen LogP contribution in [0.4, 0.5) is 9.18 Å². The number of halogens is 1. The van der Waals surface area contributed by atoms with Gasteiger partial charge in [0.2, 0.25) is 5.91 Å². The molecule has 2 saturated heterocycles. The number of carbonyl (C=O) groups is 4. The largest absolute Gasteiger partial charge is 0.491 e. The first-order chi connectivity index (χ1) is 19.4. The van der Waals surface area contributed by atoms with Crippen molar-refractivity contribution < 1.29 is 38.1 Å². The molecular weight excluding hydrogens is 531 g/mol. The molecule has 2 atom stereocenters. The average Bonchev–Trinajstić information content (AvgIpc) is 2.94. The van der Waals surface area contributed by atoms with E-state index in [0.29, 0.717) is 50.7 Å². The summed E-state index contributed by atoms with van der Waals surface area (Å²) in [5.74, 6) is -0.921. The minimum atomic E-state index is -0.988. The second-order valence-corrected chi connectivity index (χ2v) is 12.2. The maximum absolute atomic E-state index is 13.3. The fourth-order valence-corrected chi connectivity index (χ4v) is 5.60. The summed E-state index contributed by atoms with van der Waals surface area (Å²) >= 11 is 0. The Morgan fingerprint density at radius 3 is 2.29 bits per heavy atom. The van der Waals surface area contributed by atoms with Crippen LogP contribution in [0.25, 0.3) is 0 Å². The Bertz CT molecular complexity index is 1030. The summed E-state index contributed by atoms with van der Waals surface area (Å²) in [4.78, 5) is 53.7. The first-order valence-corrected chi connectivity index (χ1v) is 14.7. The second-order valence-electron chi connectivity index (χ2n) is 12.2. The van der Waals surface area contributed by atoms with Crippen molar-refractivity contribution in [3.05, 3.63) is 29.8 Å². The highest BCUT2D eigenvalue weighted by Crippen LogP contribution is 2.30. The van der Waals surface area contributed by atoms with Crippen LogP contribution in [0.1, 0.15) is 83.6 Å². The van der Waals surface area contributed by atoms with Crippen molar-refractivity contribution >= 4 is 23.8 Å². The average molecular weight is 577 g/mol. The summed E-state index contributed by atoms with van der Waals surface area (Å²) in [5.41, 5.74) is 0.193. The predicted molar refractivity (Wildman–Crippen MR) is 152 cm³/mol. The maximum atomic E-state index is 13.3. The molecule has 0 radical (unpaired) electrons. The number of hydrogen-bond acceptors (Lipinski definition) is 6. The van der Waals surface area contributed by atoms with Crippen molar-refractivity contribution in [1.29, 1.82) is 0 Å². The Morgan fingerprint density at radius 2 is 1.68 bits per heavy atom. The molecule has 41 heavy (non-hydrogen) atoms. The van der Waals surface area contributed by atoms with Crippen LogP contribution in [0.3, 0.4) is 0 Å². The van der Waals surface area contributed by atoms with E-state index in [0.717, 1.165) is 31.2 Å². The van der Waals surface area contributed by atoms with Gasteiger partial charge in [-0.1, -0.05) is 12.1 Å². The maximum Gasteiger partial charge on any atom is 0.410 e. The zero-order valence-electron chi connectivity index (χ0n) is 24.6. The Hall–Kier alpha value is -3.17. The van der Waals surface area contributed by atoms with E-state index in [1.807, 2.05) is 20.8 Å². The standard InChI is InChI=1S/C31H45FN2O7/c1-31(2,3)41-30(39)33-16-12-22(13-17-33)6-11-28(36)34-15-4-5-24(21-34)27(35)19-25(20-29(37)38)23-7-9-26(10-8-23)40-18-14-32/h7-10,22,24-25H,4-6,11-21H2,1-3H3,(H,37,38)/t24-,25?/m1/s1. The molecule has 3 rings (SSSR count). The van der Waals surface area contributed by atoms with E-state index in [2.05, 4.69) is 0 Å². The number of ketones is 1. The molecule has 1 aromatic carbocycles. The van der Waals surface area contributed by atoms with Gasteiger partial charge < -0.3 is 24.4 Å². The fourth-order valence-electron chi connectivity index (χ4n) is 5.60. The summed E-state index contributed by atoms with van der Waals surface area (Å²) in [7, 11) is 0. The number of rotatable bonds is 12. The highest BCUT2D eigenvalue weighted by atomic mass is 19.1. The normalized spacial score (nSPS) is 19.0. The molecule has 9 nitrogen and oxygen atoms in total. The highest BCUT2D eigenvalue weighted by molar-refractivity contribution is 5.84. The van der Waals surface area contributed by atoms with Crippen molar-refractivity contribution in [2.24, 2.45) is 11.8 Å². The van der Waals surface area contributed by atoms with Crippen molar-refractivity contribution in [3.63, 3.8) is 0 Å². The first-order valence-electron chi connectivity index (χ1n) is 14.7. The molecule has 2 fully saturated rings. The zero-order chi connectivity index (χ0) is 30.0. The van der Waals surface area contributed by atoms with Crippen LogP contribution in [-0.4, -0.2) is 83.7 Å². The summed E-state index contributed by atoms with van der Waals surface area (Å²) in [6, 6.07) is 6.77. The Labute approximate surface area is 242 Å². The van der Waals surface area contributed by atoms with E-state index in [9.17, 15) is 28.7 Å². The van der Waals surface area contributed by atoms with Crippen LogP contribution >= 0.6 is 0 Å². The van der Waals surface area contributed by atoms with Crippen LogP contribution in [0.2, 0.25) is 0 Å². The summed E-state index contributed by atoms with van der Waals surface area (Å²) < 4.78 is 23.1. The van der Waals surface area contributed by atoms with Gasteiger partial charge in [-0.05, 0) is 76.5 Å². The van der Waals surface area contributed by atoms with E-state index in [-0.39, 0.29) is 43.2 Å². The van der Waals surface area contributed by atoms with Crippen LogP contribution in [-0.2, 0) is 19.1 Å². The lowest BCUT2D eigenvalue weighted by Crippen LogP contribution is -2.43. The zero-order valence-corrected chi connectivity index (χ0v) is 24.6. The molecule has 2 aliphatic heterocycles. The van der Waals surface area contributed by atoms with Gasteiger partial charge in [0.25, 0.3) is 0 Å². The minimum Gasteiger partial charge on any atom is -0.491 e. The number of amides is 2. The van der Waals surface area contributed by atoms with E-state index in [1.165, 1.54) is 0 Å². The first kappa shape index (κ1) is 32.3. The third kappa shape index (κ3) is 10.6. The summed E-state index contributed by atoms with van der Waals surface area (Å²) in [5, 5.41) is 9.45. The van der Waals surface area contributed by atoms with Crippen molar-refractivity contribution in [2.75, 3.05) is 39.5 Å². The number of ether oxygens (including phenoxy) is 2. The third-order valence-electron chi connectivity index (χ3n) is 7.83. The molecule has 10 heteroatoms. The molecule has 0 aromatic heterocycles. The molecule has 2 aliphatic rings. The Kier molecular flexibility index (Phi) is 12.0. The van der Waals surface area contributed by atoms with Gasteiger partial charge >= 0.3 is 12.1 Å². The number of alkyl halides is 1. The lowest BCUT2D eigenvalue weighted by molar-refractivity contribution is -0.137. The van der Waals surface area contributed by atoms with Crippen LogP contribution in [0, 0.1) is 11.8 Å². The quantitative estimate of drug-likeness (QED) is 0.363. The number of carboxylic acid groups (broad SMARTS) is 1. The number of likely N-dealkylation sites (tertiary alicyclic amines) is 2. The van der Waals surface area contributed by atoms with Gasteiger partial charge in [0, 0.05) is 50.9 Å². The number of carbonyl (C=O) groups excluding carboxylic acids is 3. The van der Waals surface area contributed by atoms with Gasteiger partial charge in [-0.2, -0.15) is 0 Å². The molecule has 1 aromatic rings. The molecule has 2 heterocycles. The molecule has 2 amide bonds. The number of nitrogens with zero attached hydrogens (tertiary/aromatic N) is 2. The molecule has 1 N–H and O–H groups in total. The molecule has 0 bridgehead atoms. The van der Waals surface area contributed by atoms with Gasteiger partial charge in [0.15, 0.2) is 0 Å². The van der Waals surface area contributed by atoms with E-state index >= 15 is 0 Å². The van der Waals surface area contributed by atoms with E-state index in [4.69, 9.17) is 9.47 Å². The van der Waals surface area contributed by atoms with E-state index < -0.39 is 24.2 Å². The van der Waals surface area contributed by atoms with Gasteiger partial charge in [-0.15, -0.1) is 0 Å². The lowest BCUT2D eigenvalue weighted by Gasteiger charge is -2.35. The van der Waals surface area contributed by atoms with E-state index in [1.54, 1.807) is 34.1 Å². The Morgan fingerprint density at radius 1 is 1.00 bits per heavy atom. The molecule has 0 spiro atoms. The number of carboxylic acids is 1. The van der Waals surface area contributed by atoms with Crippen molar-refractivity contribution in [2.45, 2.75) is 83.7 Å². The second kappa shape index (κ2) is 15.2. The SMILES string of the molecule is CC(C)(C)OC(=O)N1CCC(CCC(=O)N2CCC[C@@H](C(=O)CC(CC(=O)O)c3ccc(OCCF)cc3)C2)CC1. The molecule has 0 aliphatic carbocycles. The smallest absolute Gasteiger partial charge is 0.410 e.